The van der Waals surface area contributed by atoms with Gasteiger partial charge in [-0.3, -0.25) is 14.6 Å². The first kappa shape index (κ1) is 22.6. The van der Waals surface area contributed by atoms with E-state index in [2.05, 4.69) is 27.8 Å². The van der Waals surface area contributed by atoms with Crippen molar-refractivity contribution in [3.63, 3.8) is 0 Å². The van der Waals surface area contributed by atoms with E-state index in [9.17, 15) is 9.59 Å². The fourth-order valence-corrected chi connectivity index (χ4v) is 4.38. The average molecular weight is 430 g/mol. The van der Waals surface area contributed by atoms with Crippen LogP contribution in [-0.4, -0.2) is 41.6 Å². The van der Waals surface area contributed by atoms with Crippen molar-refractivity contribution >= 4 is 23.5 Å². The van der Waals surface area contributed by atoms with Crippen LogP contribution in [0.15, 0.2) is 41.3 Å². The first-order valence-electron chi connectivity index (χ1n) is 10.7. The molecule has 30 heavy (non-hydrogen) atoms. The monoisotopic (exact) mass is 429 g/mol. The van der Waals surface area contributed by atoms with Crippen LogP contribution in [0, 0.1) is 0 Å². The zero-order valence-electron chi connectivity index (χ0n) is 17.4. The van der Waals surface area contributed by atoms with Crippen LogP contribution in [0.2, 0.25) is 0 Å². The van der Waals surface area contributed by atoms with Crippen LogP contribution in [0.5, 0.6) is 0 Å². The Kier molecular flexibility index (Phi) is 9.44. The molecule has 0 saturated carbocycles. The Balaban J connectivity index is 1.33. The van der Waals surface area contributed by atoms with Crippen LogP contribution < -0.4 is 10.6 Å². The third kappa shape index (κ3) is 8.32. The predicted octanol–water partition coefficient (Wildman–Crippen LogP) is 3.30. The summed E-state index contributed by atoms with van der Waals surface area (Å²) in [7, 11) is 0. The number of thioether (sulfide) groups is 1. The topological polar surface area (TPSA) is 84.2 Å². The number of nitrogens with one attached hydrogen (secondary N) is 2. The molecule has 1 saturated heterocycles. The fourth-order valence-electron chi connectivity index (χ4n) is 3.59. The van der Waals surface area contributed by atoms with E-state index in [0.717, 1.165) is 30.0 Å². The molecular formula is C23H31N3O3S. The lowest BCUT2D eigenvalue weighted by Gasteiger charge is -2.16. The molecule has 6 nitrogen and oxygen atoms in total. The van der Waals surface area contributed by atoms with Gasteiger partial charge in [0.1, 0.15) is 0 Å². The number of rotatable bonds is 11. The minimum Gasteiger partial charge on any atom is -0.472 e. The number of aryl methyl sites for hydroxylation is 1. The first-order valence-corrected chi connectivity index (χ1v) is 11.9. The zero-order chi connectivity index (χ0) is 21.0. The zero-order valence-corrected chi connectivity index (χ0v) is 18.2. The molecule has 1 atom stereocenters. The average Bonchev–Trinajstić information content (AvgIpc) is 3.14. The van der Waals surface area contributed by atoms with Gasteiger partial charge in [-0.1, -0.05) is 12.8 Å². The molecule has 7 heteroatoms. The minimum absolute atomic E-state index is 0.0285. The second kappa shape index (κ2) is 12.5. The third-order valence-electron chi connectivity index (χ3n) is 5.25. The molecule has 0 bridgehead atoms. The van der Waals surface area contributed by atoms with E-state index >= 15 is 0 Å². The summed E-state index contributed by atoms with van der Waals surface area (Å²) in [6.07, 6.45) is 12.2. The normalized spacial score (nSPS) is 16.7. The highest BCUT2D eigenvalue weighted by Gasteiger charge is 2.13. The molecule has 162 valence electrons. The van der Waals surface area contributed by atoms with E-state index in [-0.39, 0.29) is 18.2 Å². The Morgan fingerprint density at radius 2 is 2.17 bits per heavy atom. The van der Waals surface area contributed by atoms with E-state index in [1.807, 2.05) is 12.3 Å². The van der Waals surface area contributed by atoms with Gasteiger partial charge in [0, 0.05) is 35.7 Å². The van der Waals surface area contributed by atoms with Crippen LogP contribution in [0.25, 0.3) is 0 Å². The number of nitrogens with zero attached hydrogens (tertiary/aromatic N) is 1. The SMILES string of the molecule is O=C(CCc1cc(CC2CCCCCN2)ccn1)CNC(=O)CSCc1ccoc1. The highest BCUT2D eigenvalue weighted by atomic mass is 32.2. The van der Waals surface area contributed by atoms with E-state index in [4.69, 9.17) is 4.42 Å². The molecule has 0 aliphatic carbocycles. The highest BCUT2D eigenvalue weighted by Crippen LogP contribution is 2.14. The molecule has 1 amide bonds. The van der Waals surface area contributed by atoms with E-state index in [0.29, 0.717) is 24.6 Å². The van der Waals surface area contributed by atoms with Gasteiger partial charge >= 0.3 is 0 Å². The van der Waals surface area contributed by atoms with Crippen molar-refractivity contribution in [1.29, 1.82) is 0 Å². The molecule has 0 radical (unpaired) electrons. The van der Waals surface area contributed by atoms with Crippen molar-refractivity contribution in [2.45, 2.75) is 56.7 Å². The highest BCUT2D eigenvalue weighted by molar-refractivity contribution is 7.99. The van der Waals surface area contributed by atoms with Gasteiger partial charge in [0.15, 0.2) is 5.78 Å². The van der Waals surface area contributed by atoms with Crippen molar-refractivity contribution in [1.82, 2.24) is 15.6 Å². The first-order chi connectivity index (χ1) is 14.7. The van der Waals surface area contributed by atoms with Crippen molar-refractivity contribution in [2.75, 3.05) is 18.8 Å². The van der Waals surface area contributed by atoms with Gasteiger partial charge in [-0.05, 0) is 56.0 Å². The van der Waals surface area contributed by atoms with Crippen molar-refractivity contribution in [3.05, 3.63) is 53.7 Å². The lowest BCUT2D eigenvalue weighted by molar-refractivity contribution is -0.123. The number of ketones is 1. The van der Waals surface area contributed by atoms with Crippen LogP contribution in [0.1, 0.15) is 48.9 Å². The Morgan fingerprint density at radius 1 is 1.23 bits per heavy atom. The summed E-state index contributed by atoms with van der Waals surface area (Å²) in [5.74, 6) is 0.960. The summed E-state index contributed by atoms with van der Waals surface area (Å²) in [6, 6.07) is 6.60. The molecule has 1 aliphatic heterocycles. The Morgan fingerprint density at radius 3 is 3.03 bits per heavy atom. The van der Waals surface area contributed by atoms with E-state index in [1.54, 1.807) is 12.5 Å². The third-order valence-corrected chi connectivity index (χ3v) is 6.25. The molecule has 3 heterocycles. The standard InChI is InChI=1S/C23H31N3O3S/c27-22(14-26-23(28)17-30-16-19-8-11-29-15-19)6-5-21-13-18(7-10-25-21)12-20-4-2-1-3-9-24-20/h7-8,10-11,13,15,20,24H,1-6,9,12,14,16-17H2,(H,26,28). The number of amides is 1. The van der Waals surface area contributed by atoms with E-state index < -0.39 is 0 Å². The van der Waals surface area contributed by atoms with Crippen molar-refractivity contribution < 1.29 is 14.0 Å². The smallest absolute Gasteiger partial charge is 0.230 e. The minimum atomic E-state index is -0.118. The van der Waals surface area contributed by atoms with Crippen LogP contribution in [0.4, 0.5) is 0 Å². The van der Waals surface area contributed by atoms with Gasteiger partial charge in [0.25, 0.3) is 0 Å². The second-order valence-electron chi connectivity index (χ2n) is 7.80. The number of hydrogen-bond acceptors (Lipinski definition) is 6. The summed E-state index contributed by atoms with van der Waals surface area (Å²) < 4.78 is 5.00. The number of hydrogen-bond donors (Lipinski definition) is 2. The molecule has 1 aliphatic rings. The molecule has 2 aromatic rings. The van der Waals surface area contributed by atoms with E-state index in [1.165, 1.54) is 43.0 Å². The number of aromatic nitrogens is 1. The number of furan rings is 1. The Bertz CT molecular complexity index is 787. The predicted molar refractivity (Wildman–Crippen MR) is 119 cm³/mol. The van der Waals surface area contributed by atoms with Crippen LogP contribution >= 0.6 is 11.8 Å². The summed E-state index contributed by atoms with van der Waals surface area (Å²) in [6.45, 7) is 1.18. The molecular weight excluding hydrogens is 398 g/mol. The lowest BCUT2D eigenvalue weighted by Crippen LogP contribution is -2.31. The molecule has 0 aromatic carbocycles. The molecule has 1 unspecified atom stereocenters. The number of carbonyl (C=O) groups is 2. The fraction of sp³-hybridized carbons (Fsp3) is 0.522. The molecule has 2 aromatic heterocycles. The lowest BCUT2D eigenvalue weighted by atomic mass is 10.0. The van der Waals surface area contributed by atoms with Gasteiger partial charge in [-0.25, -0.2) is 0 Å². The molecule has 1 fully saturated rings. The maximum atomic E-state index is 12.1. The van der Waals surface area contributed by atoms with Gasteiger partial charge < -0.3 is 15.1 Å². The Hall–Kier alpha value is -2.12. The van der Waals surface area contributed by atoms with Gasteiger partial charge in [0.2, 0.25) is 5.91 Å². The maximum absolute atomic E-state index is 12.1. The molecule has 2 N–H and O–H groups in total. The van der Waals surface area contributed by atoms with Crippen LogP contribution in [0.3, 0.4) is 0 Å². The van der Waals surface area contributed by atoms with Gasteiger partial charge in [0.05, 0.1) is 24.8 Å². The van der Waals surface area contributed by atoms with Gasteiger partial charge in [-0.15, -0.1) is 11.8 Å². The van der Waals surface area contributed by atoms with Crippen molar-refractivity contribution in [2.24, 2.45) is 0 Å². The summed E-state index contributed by atoms with van der Waals surface area (Å²) in [5.41, 5.74) is 3.26. The molecule has 3 rings (SSSR count). The summed E-state index contributed by atoms with van der Waals surface area (Å²) in [5, 5.41) is 6.34. The number of Topliss-reactive ketones (excluding diaryl/α,β-unsaturated/α-hetero) is 1. The second-order valence-corrected chi connectivity index (χ2v) is 8.79. The molecule has 0 spiro atoms. The largest absolute Gasteiger partial charge is 0.472 e. The Labute approximate surface area is 182 Å². The summed E-state index contributed by atoms with van der Waals surface area (Å²) in [4.78, 5) is 28.4. The number of pyridine rings is 1. The summed E-state index contributed by atoms with van der Waals surface area (Å²) >= 11 is 1.50. The van der Waals surface area contributed by atoms with Crippen molar-refractivity contribution in [3.8, 4) is 0 Å². The quantitative estimate of drug-likeness (QED) is 0.570. The van der Waals surface area contributed by atoms with Gasteiger partial charge in [-0.2, -0.15) is 0 Å². The van der Waals surface area contributed by atoms with Crippen LogP contribution in [-0.2, 0) is 28.2 Å². The number of carbonyl (C=O) groups excluding carboxylic acids is 2. The maximum Gasteiger partial charge on any atom is 0.230 e.